The molecule has 5 rings (SSSR count). The van der Waals surface area contributed by atoms with E-state index >= 15 is 0 Å². The van der Waals surface area contributed by atoms with Crippen LogP contribution >= 0.6 is 11.8 Å². The number of amides is 1. The predicted molar refractivity (Wildman–Crippen MR) is 134 cm³/mol. The minimum atomic E-state index is -0.462. The molecular formula is C25H24N6O3S. The number of non-ortho nitro benzene ring substituents is 1. The molecule has 0 atom stereocenters. The maximum absolute atomic E-state index is 13.4. The number of rotatable bonds is 6. The quantitative estimate of drug-likeness (QED) is 0.272. The molecule has 1 aliphatic carbocycles. The lowest BCUT2D eigenvalue weighted by atomic mass is 9.84. The molecule has 1 aromatic heterocycles. The zero-order valence-corrected chi connectivity index (χ0v) is 20.0. The highest BCUT2D eigenvalue weighted by molar-refractivity contribution is 7.99. The molecule has 0 saturated heterocycles. The summed E-state index contributed by atoms with van der Waals surface area (Å²) in [5, 5.41) is 27.8. The summed E-state index contributed by atoms with van der Waals surface area (Å²) in [4.78, 5) is 25.4. The van der Waals surface area contributed by atoms with Crippen LogP contribution in [0.2, 0.25) is 0 Å². The van der Waals surface area contributed by atoms with Gasteiger partial charge in [0.2, 0.25) is 5.16 Å². The molecule has 178 valence electrons. The van der Waals surface area contributed by atoms with Crippen molar-refractivity contribution in [3.63, 3.8) is 0 Å². The van der Waals surface area contributed by atoms with Gasteiger partial charge in [-0.2, -0.15) is 0 Å². The molecule has 4 aromatic rings. The lowest BCUT2D eigenvalue weighted by molar-refractivity contribution is -0.383. The molecule has 0 spiro atoms. The number of nitrogens with zero attached hydrogens (tertiary/aromatic N) is 5. The van der Waals surface area contributed by atoms with Crippen LogP contribution < -0.4 is 5.32 Å². The maximum Gasteiger partial charge on any atom is 0.278 e. The molecule has 1 amide bonds. The molecule has 1 saturated carbocycles. The number of aryl methyl sites for hydroxylation is 1. The van der Waals surface area contributed by atoms with E-state index in [-0.39, 0.29) is 11.3 Å². The van der Waals surface area contributed by atoms with E-state index in [0.717, 1.165) is 0 Å². The Morgan fingerprint density at radius 3 is 2.46 bits per heavy atom. The van der Waals surface area contributed by atoms with E-state index in [1.165, 1.54) is 60.2 Å². The first-order chi connectivity index (χ1) is 17.0. The molecule has 0 unspecified atom stereocenters. The van der Waals surface area contributed by atoms with Crippen LogP contribution in [-0.2, 0) is 7.05 Å². The van der Waals surface area contributed by atoms with Gasteiger partial charge in [0.25, 0.3) is 11.6 Å². The molecule has 0 radical (unpaired) electrons. The van der Waals surface area contributed by atoms with Crippen LogP contribution in [0.1, 0.15) is 53.9 Å². The number of tetrazole rings is 1. The molecule has 3 aromatic carbocycles. The first-order valence-electron chi connectivity index (χ1n) is 11.5. The van der Waals surface area contributed by atoms with Crippen molar-refractivity contribution in [1.82, 2.24) is 20.2 Å². The normalized spacial score (nSPS) is 14.2. The van der Waals surface area contributed by atoms with Crippen molar-refractivity contribution in [1.29, 1.82) is 0 Å². The Balaban J connectivity index is 1.51. The van der Waals surface area contributed by atoms with Crippen LogP contribution in [0.25, 0.3) is 10.8 Å². The number of benzene rings is 3. The van der Waals surface area contributed by atoms with Crippen LogP contribution in [0.3, 0.4) is 0 Å². The Kier molecular flexibility index (Phi) is 6.45. The average molecular weight is 489 g/mol. The maximum atomic E-state index is 13.4. The fourth-order valence-corrected chi connectivity index (χ4v) is 5.61. The standard InChI is InChI=1S/C25H24N6O3S/c1-30-25(27-28-29-30)35-23-20-10-6-5-9-19(20)22(31(33)34)15-21(23)24(32)26-18-13-11-17(12-14-18)16-7-3-2-4-8-16/h5-6,9-16H,2-4,7-8H2,1H3,(H,26,32). The molecule has 0 bridgehead atoms. The Bertz CT molecular complexity index is 1400. The van der Waals surface area contributed by atoms with Crippen LogP contribution in [0.5, 0.6) is 0 Å². The van der Waals surface area contributed by atoms with Crippen LogP contribution in [-0.4, -0.2) is 31.0 Å². The van der Waals surface area contributed by atoms with Crippen molar-refractivity contribution in [2.45, 2.75) is 48.1 Å². The fourth-order valence-electron chi connectivity index (χ4n) is 4.63. The van der Waals surface area contributed by atoms with Gasteiger partial charge in [-0.15, -0.1) is 5.10 Å². The highest BCUT2D eigenvalue weighted by Gasteiger charge is 2.25. The number of hydrogen-bond acceptors (Lipinski definition) is 7. The third kappa shape index (κ3) is 4.74. The summed E-state index contributed by atoms with van der Waals surface area (Å²) in [6.45, 7) is 0. The van der Waals surface area contributed by atoms with Crippen molar-refractivity contribution >= 4 is 39.8 Å². The molecular weight excluding hydrogens is 464 g/mol. The minimum Gasteiger partial charge on any atom is -0.322 e. The van der Waals surface area contributed by atoms with E-state index in [0.29, 0.717) is 32.4 Å². The SMILES string of the molecule is Cn1nnnc1Sc1c(C(=O)Nc2ccc(C3CCCCC3)cc2)cc([N+](=O)[O-])c2ccccc12. The van der Waals surface area contributed by atoms with Gasteiger partial charge in [-0.05, 0) is 64.7 Å². The predicted octanol–water partition coefficient (Wildman–Crippen LogP) is 5.72. The van der Waals surface area contributed by atoms with Crippen molar-refractivity contribution in [3.05, 3.63) is 75.8 Å². The zero-order valence-electron chi connectivity index (χ0n) is 19.2. The number of nitro benzene ring substituents is 1. The van der Waals surface area contributed by atoms with E-state index in [1.807, 2.05) is 12.1 Å². The molecule has 10 heteroatoms. The van der Waals surface area contributed by atoms with Gasteiger partial charge >= 0.3 is 0 Å². The molecule has 1 aliphatic rings. The fraction of sp³-hybridized carbons (Fsp3) is 0.280. The van der Waals surface area contributed by atoms with E-state index in [2.05, 4.69) is 33.0 Å². The van der Waals surface area contributed by atoms with Crippen molar-refractivity contribution in [3.8, 4) is 0 Å². The average Bonchev–Trinajstić information content (AvgIpc) is 3.29. The molecule has 1 fully saturated rings. The van der Waals surface area contributed by atoms with Gasteiger partial charge in [-0.25, -0.2) is 4.68 Å². The van der Waals surface area contributed by atoms with E-state index in [1.54, 1.807) is 31.3 Å². The summed E-state index contributed by atoms with van der Waals surface area (Å²) < 4.78 is 1.49. The summed E-state index contributed by atoms with van der Waals surface area (Å²) in [5.41, 5.74) is 2.00. The van der Waals surface area contributed by atoms with Crippen LogP contribution in [0.4, 0.5) is 11.4 Å². The number of anilines is 1. The number of nitro groups is 1. The zero-order chi connectivity index (χ0) is 24.4. The third-order valence-electron chi connectivity index (χ3n) is 6.43. The van der Waals surface area contributed by atoms with Gasteiger partial charge in [-0.3, -0.25) is 14.9 Å². The summed E-state index contributed by atoms with van der Waals surface area (Å²) >= 11 is 1.20. The lowest BCUT2D eigenvalue weighted by Gasteiger charge is -2.22. The number of fused-ring (bicyclic) bond motifs is 1. The van der Waals surface area contributed by atoms with Crippen molar-refractivity contribution < 1.29 is 9.72 Å². The summed E-state index contributed by atoms with van der Waals surface area (Å²) in [5.74, 6) is 0.140. The Labute approximate surface area is 206 Å². The number of aromatic nitrogens is 4. The van der Waals surface area contributed by atoms with Crippen LogP contribution in [0, 0.1) is 10.1 Å². The minimum absolute atomic E-state index is 0.126. The Morgan fingerprint density at radius 1 is 1.09 bits per heavy atom. The van der Waals surface area contributed by atoms with Gasteiger partial charge in [0.1, 0.15) is 0 Å². The highest BCUT2D eigenvalue weighted by Crippen LogP contribution is 2.40. The second kappa shape index (κ2) is 9.83. The Hall–Kier alpha value is -3.79. The van der Waals surface area contributed by atoms with E-state index < -0.39 is 10.8 Å². The van der Waals surface area contributed by atoms with Gasteiger partial charge < -0.3 is 5.32 Å². The summed E-state index contributed by atoms with van der Waals surface area (Å²) in [7, 11) is 1.70. The van der Waals surface area contributed by atoms with Gasteiger partial charge in [0, 0.05) is 29.1 Å². The van der Waals surface area contributed by atoms with Crippen LogP contribution in [0.15, 0.2) is 64.6 Å². The molecule has 35 heavy (non-hydrogen) atoms. The molecule has 1 heterocycles. The summed E-state index contributed by atoms with van der Waals surface area (Å²) in [6.07, 6.45) is 6.21. The van der Waals surface area contributed by atoms with Gasteiger partial charge in [0.05, 0.1) is 15.9 Å². The highest BCUT2D eigenvalue weighted by atomic mass is 32.2. The van der Waals surface area contributed by atoms with Crippen molar-refractivity contribution in [2.24, 2.45) is 7.05 Å². The third-order valence-corrected chi connectivity index (χ3v) is 7.61. The second-order valence-electron chi connectivity index (χ2n) is 8.67. The van der Waals surface area contributed by atoms with E-state index in [9.17, 15) is 14.9 Å². The first-order valence-corrected chi connectivity index (χ1v) is 12.3. The van der Waals surface area contributed by atoms with Crippen molar-refractivity contribution in [2.75, 3.05) is 5.32 Å². The monoisotopic (exact) mass is 488 g/mol. The first kappa shape index (κ1) is 23.0. The topological polar surface area (TPSA) is 116 Å². The number of hydrogen-bond donors (Lipinski definition) is 1. The largest absolute Gasteiger partial charge is 0.322 e. The lowest BCUT2D eigenvalue weighted by Crippen LogP contribution is -2.14. The van der Waals surface area contributed by atoms with E-state index in [4.69, 9.17) is 0 Å². The molecule has 9 nitrogen and oxygen atoms in total. The molecule has 0 aliphatic heterocycles. The second-order valence-corrected chi connectivity index (χ2v) is 9.65. The smallest absolute Gasteiger partial charge is 0.278 e. The number of nitrogens with one attached hydrogen (secondary N) is 1. The number of carbonyl (C=O) groups excluding carboxylic acids is 1. The summed E-state index contributed by atoms with van der Waals surface area (Å²) in [6, 6.07) is 16.2. The number of carbonyl (C=O) groups is 1. The van der Waals surface area contributed by atoms with Gasteiger partial charge in [-0.1, -0.05) is 49.6 Å². The van der Waals surface area contributed by atoms with Gasteiger partial charge in [0.15, 0.2) is 0 Å². The Morgan fingerprint density at radius 2 is 1.80 bits per heavy atom. The molecule has 1 N–H and O–H groups in total.